The lowest BCUT2D eigenvalue weighted by atomic mass is 9.95. The van der Waals surface area contributed by atoms with E-state index in [1.165, 1.54) is 36.0 Å². The minimum Gasteiger partial charge on any atom is -0.507 e. The van der Waals surface area contributed by atoms with Crippen molar-refractivity contribution in [3.63, 3.8) is 0 Å². The number of phenolic OH excluding ortho intramolecular Hbond substituents is 1. The molecule has 9 nitrogen and oxygen atoms in total. The molecule has 2 aromatic rings. The number of ether oxygens (including phenoxy) is 3. The normalized spacial score (nSPS) is 14.9. The Morgan fingerprint density at radius 2 is 1.53 bits per heavy atom. The van der Waals surface area contributed by atoms with Crippen molar-refractivity contribution >= 4 is 18.0 Å². The van der Waals surface area contributed by atoms with Gasteiger partial charge in [0, 0.05) is 40.3 Å². The Hall–Kier alpha value is -3.75. The zero-order valence-corrected chi connectivity index (χ0v) is 17.0. The number of rotatable bonds is 3. The topological polar surface area (TPSA) is 106 Å². The highest BCUT2D eigenvalue weighted by atomic mass is 16.6. The number of phenols is 1. The SMILES string of the molecule is CN(C)C(=O)Oc1ccc(C2CC(=O)c3c(O)cc(OC(=O)N(C)C)cc3O2)cc1. The summed E-state index contributed by atoms with van der Waals surface area (Å²) >= 11 is 0. The van der Waals surface area contributed by atoms with Crippen molar-refractivity contribution in [1.29, 1.82) is 0 Å². The van der Waals surface area contributed by atoms with Crippen molar-refractivity contribution in [2.45, 2.75) is 12.5 Å². The third-order valence-electron chi connectivity index (χ3n) is 4.37. The predicted molar refractivity (Wildman–Crippen MR) is 106 cm³/mol. The van der Waals surface area contributed by atoms with Crippen LogP contribution in [0.3, 0.4) is 0 Å². The van der Waals surface area contributed by atoms with E-state index in [0.717, 1.165) is 0 Å². The molecule has 0 spiro atoms. The molecule has 1 heterocycles. The standard InChI is InChI=1S/C21H22N2O7/c1-22(2)20(26)28-13-7-5-12(6-8-13)17-11-16(25)19-15(24)9-14(10-18(19)30-17)29-21(27)23(3)4/h5-10,17,24H,11H2,1-4H3. The van der Waals surface area contributed by atoms with Crippen LogP contribution in [0, 0.1) is 0 Å². The molecule has 1 aliphatic heterocycles. The third-order valence-corrected chi connectivity index (χ3v) is 4.37. The van der Waals surface area contributed by atoms with Crippen LogP contribution < -0.4 is 14.2 Å². The second-order valence-corrected chi connectivity index (χ2v) is 7.14. The van der Waals surface area contributed by atoms with Crippen LogP contribution in [0.5, 0.6) is 23.0 Å². The van der Waals surface area contributed by atoms with Gasteiger partial charge in [-0.25, -0.2) is 9.59 Å². The number of hydrogen-bond acceptors (Lipinski definition) is 7. The van der Waals surface area contributed by atoms with Crippen LogP contribution in [0.25, 0.3) is 0 Å². The summed E-state index contributed by atoms with van der Waals surface area (Å²) in [6.45, 7) is 0. The number of nitrogens with zero attached hydrogens (tertiary/aromatic N) is 2. The van der Waals surface area contributed by atoms with Crippen LogP contribution in [0.2, 0.25) is 0 Å². The zero-order valence-electron chi connectivity index (χ0n) is 17.0. The number of ketones is 1. The van der Waals surface area contributed by atoms with Crippen LogP contribution in [0.15, 0.2) is 36.4 Å². The number of Topliss-reactive ketones (excluding diaryl/α,β-unsaturated/α-hetero) is 1. The smallest absolute Gasteiger partial charge is 0.414 e. The van der Waals surface area contributed by atoms with Crippen molar-refractivity contribution < 1.29 is 33.7 Å². The van der Waals surface area contributed by atoms with Crippen LogP contribution in [0.4, 0.5) is 9.59 Å². The molecule has 2 aromatic carbocycles. The van der Waals surface area contributed by atoms with Crippen molar-refractivity contribution in [3.05, 3.63) is 47.5 Å². The molecule has 158 valence electrons. The summed E-state index contributed by atoms with van der Waals surface area (Å²) in [5, 5.41) is 10.2. The fraction of sp³-hybridized carbons (Fsp3) is 0.286. The Balaban J connectivity index is 1.82. The molecule has 1 aliphatic rings. The van der Waals surface area contributed by atoms with Gasteiger partial charge in [0.25, 0.3) is 0 Å². The van der Waals surface area contributed by atoms with Gasteiger partial charge in [-0.05, 0) is 17.7 Å². The number of fused-ring (bicyclic) bond motifs is 1. The lowest BCUT2D eigenvalue weighted by Crippen LogP contribution is -2.26. The predicted octanol–water partition coefficient (Wildman–Crippen LogP) is 3.22. The number of benzene rings is 2. The first kappa shape index (κ1) is 21.0. The zero-order chi connectivity index (χ0) is 22.0. The fourth-order valence-corrected chi connectivity index (χ4v) is 2.79. The second-order valence-electron chi connectivity index (χ2n) is 7.14. The molecule has 1 unspecified atom stereocenters. The van der Waals surface area contributed by atoms with E-state index < -0.39 is 18.3 Å². The number of hydrogen-bond donors (Lipinski definition) is 1. The van der Waals surface area contributed by atoms with Gasteiger partial charge >= 0.3 is 12.2 Å². The molecular weight excluding hydrogens is 392 g/mol. The Morgan fingerprint density at radius 3 is 2.10 bits per heavy atom. The van der Waals surface area contributed by atoms with E-state index >= 15 is 0 Å². The fourth-order valence-electron chi connectivity index (χ4n) is 2.79. The van der Waals surface area contributed by atoms with Crippen molar-refractivity contribution in [1.82, 2.24) is 9.80 Å². The molecule has 3 rings (SSSR count). The molecule has 9 heteroatoms. The molecule has 0 fully saturated rings. The van der Waals surface area contributed by atoms with Gasteiger partial charge in [0.2, 0.25) is 0 Å². The Kier molecular flexibility index (Phi) is 5.81. The average Bonchev–Trinajstić information content (AvgIpc) is 2.67. The van der Waals surface area contributed by atoms with Gasteiger partial charge in [-0.1, -0.05) is 12.1 Å². The molecule has 0 radical (unpaired) electrons. The van der Waals surface area contributed by atoms with Crippen LogP contribution in [0.1, 0.15) is 28.4 Å². The van der Waals surface area contributed by atoms with Gasteiger partial charge in [0.15, 0.2) is 5.78 Å². The van der Waals surface area contributed by atoms with Crippen molar-refractivity contribution in [2.24, 2.45) is 0 Å². The molecule has 0 saturated heterocycles. The summed E-state index contributed by atoms with van der Waals surface area (Å²) in [6.07, 6.45) is -1.72. The van der Waals surface area contributed by atoms with Gasteiger partial charge < -0.3 is 29.1 Å². The van der Waals surface area contributed by atoms with E-state index in [0.29, 0.717) is 11.3 Å². The first-order chi connectivity index (χ1) is 14.2. The van der Waals surface area contributed by atoms with Gasteiger partial charge in [-0.3, -0.25) is 4.79 Å². The lowest BCUT2D eigenvalue weighted by molar-refractivity contribution is 0.0845. The molecule has 2 amide bonds. The number of aromatic hydroxyl groups is 1. The third kappa shape index (κ3) is 4.45. The van der Waals surface area contributed by atoms with Crippen molar-refractivity contribution in [2.75, 3.05) is 28.2 Å². The van der Waals surface area contributed by atoms with E-state index in [-0.39, 0.29) is 35.0 Å². The van der Waals surface area contributed by atoms with Crippen LogP contribution in [-0.2, 0) is 0 Å². The summed E-state index contributed by atoms with van der Waals surface area (Å²) in [6, 6.07) is 9.19. The first-order valence-electron chi connectivity index (χ1n) is 9.10. The Bertz CT molecular complexity index is 984. The summed E-state index contributed by atoms with van der Waals surface area (Å²) in [7, 11) is 6.20. The minimum atomic E-state index is -0.629. The summed E-state index contributed by atoms with van der Waals surface area (Å²) in [5.74, 6) is -0.0726. The Labute approximate surface area is 173 Å². The van der Waals surface area contributed by atoms with Gasteiger partial charge in [0.1, 0.15) is 34.7 Å². The summed E-state index contributed by atoms with van der Waals surface area (Å²) < 4.78 is 16.2. The minimum absolute atomic E-state index is 0.0220. The van der Waals surface area contributed by atoms with Crippen LogP contribution in [-0.4, -0.2) is 61.1 Å². The van der Waals surface area contributed by atoms with E-state index in [2.05, 4.69) is 0 Å². The van der Waals surface area contributed by atoms with Crippen LogP contribution >= 0.6 is 0 Å². The first-order valence-corrected chi connectivity index (χ1v) is 9.10. The summed E-state index contributed by atoms with van der Waals surface area (Å²) in [4.78, 5) is 38.5. The average molecular weight is 414 g/mol. The molecule has 1 atom stereocenters. The van der Waals surface area contributed by atoms with Gasteiger partial charge in [0.05, 0.1) is 6.42 Å². The number of carbonyl (C=O) groups excluding carboxylic acids is 3. The number of carbonyl (C=O) groups is 3. The van der Waals surface area contributed by atoms with Gasteiger partial charge in [-0.2, -0.15) is 0 Å². The lowest BCUT2D eigenvalue weighted by Gasteiger charge is -2.26. The quantitative estimate of drug-likeness (QED) is 0.822. The maximum atomic E-state index is 12.6. The molecular formula is C21H22N2O7. The summed E-state index contributed by atoms with van der Waals surface area (Å²) in [5.41, 5.74) is 0.737. The molecule has 0 saturated carbocycles. The highest BCUT2D eigenvalue weighted by Crippen LogP contribution is 2.42. The molecule has 0 aromatic heterocycles. The van der Waals surface area contributed by atoms with Gasteiger partial charge in [-0.15, -0.1) is 0 Å². The highest BCUT2D eigenvalue weighted by molar-refractivity contribution is 6.02. The highest BCUT2D eigenvalue weighted by Gasteiger charge is 2.31. The maximum Gasteiger partial charge on any atom is 0.414 e. The maximum absolute atomic E-state index is 12.6. The van der Waals surface area contributed by atoms with E-state index in [4.69, 9.17) is 14.2 Å². The number of amides is 2. The Morgan fingerprint density at radius 1 is 0.967 bits per heavy atom. The molecule has 30 heavy (non-hydrogen) atoms. The van der Waals surface area contributed by atoms with E-state index in [1.807, 2.05) is 0 Å². The second kappa shape index (κ2) is 8.32. The molecule has 1 N–H and O–H groups in total. The largest absolute Gasteiger partial charge is 0.507 e. The monoisotopic (exact) mass is 414 g/mol. The molecule has 0 bridgehead atoms. The van der Waals surface area contributed by atoms with E-state index in [1.54, 1.807) is 38.4 Å². The van der Waals surface area contributed by atoms with Crippen molar-refractivity contribution in [3.8, 4) is 23.0 Å². The van der Waals surface area contributed by atoms with E-state index in [9.17, 15) is 19.5 Å². The molecule has 0 aliphatic carbocycles.